The van der Waals surface area contributed by atoms with Crippen LogP contribution in [0.5, 0.6) is 0 Å². The summed E-state index contributed by atoms with van der Waals surface area (Å²) in [6.45, 7) is 9.59. The van der Waals surface area contributed by atoms with E-state index < -0.39 is 17.9 Å². The minimum Gasteiger partial charge on any atom is -0.450 e. The molecule has 0 aliphatic rings. The molecule has 0 bridgehead atoms. The van der Waals surface area contributed by atoms with Gasteiger partial charge in [0.25, 0.3) is 0 Å². The number of carbonyl (C=O) groups is 2. The van der Waals surface area contributed by atoms with E-state index in [1.54, 1.807) is 20.8 Å². The Morgan fingerprint density at radius 1 is 1.10 bits per heavy atom. The van der Waals surface area contributed by atoms with Crippen LogP contribution in [0.2, 0.25) is 0 Å². The van der Waals surface area contributed by atoms with Gasteiger partial charge in [-0.05, 0) is 33.1 Å². The van der Waals surface area contributed by atoms with Gasteiger partial charge in [-0.1, -0.05) is 33.1 Å². The number of unbranched alkanes of at least 4 members (excludes halogenated alkanes) is 1. The molecule has 0 aromatic heterocycles. The molecule has 20 heavy (non-hydrogen) atoms. The molecule has 0 saturated heterocycles. The summed E-state index contributed by atoms with van der Waals surface area (Å²) >= 11 is 0. The van der Waals surface area contributed by atoms with Crippen LogP contribution in [0.3, 0.4) is 0 Å². The lowest BCUT2D eigenvalue weighted by atomic mass is 10.0. The lowest BCUT2D eigenvalue weighted by Gasteiger charge is -2.15. The van der Waals surface area contributed by atoms with Crippen molar-refractivity contribution < 1.29 is 29.3 Å². The number of hydrogen-bond acceptors (Lipinski definition) is 4. The molecular formula is C14H28O6. The van der Waals surface area contributed by atoms with Gasteiger partial charge in [0.1, 0.15) is 5.60 Å². The smallest absolute Gasteiger partial charge is 0.450 e. The van der Waals surface area contributed by atoms with Gasteiger partial charge in [0, 0.05) is 0 Å². The van der Waals surface area contributed by atoms with Crippen molar-refractivity contribution >= 4 is 12.3 Å². The predicted octanol–water partition coefficient (Wildman–Crippen LogP) is 4.38. The molecule has 1 atom stereocenters. The minimum absolute atomic E-state index is 0.353. The van der Waals surface area contributed by atoms with E-state index in [0.29, 0.717) is 12.5 Å². The highest BCUT2D eigenvalue weighted by Crippen LogP contribution is 2.12. The lowest BCUT2D eigenvalue weighted by molar-refractivity contribution is 0.0150. The van der Waals surface area contributed by atoms with Gasteiger partial charge in [0.05, 0.1) is 6.61 Å². The van der Waals surface area contributed by atoms with E-state index in [0.717, 1.165) is 25.7 Å². The van der Waals surface area contributed by atoms with Gasteiger partial charge < -0.3 is 19.7 Å². The van der Waals surface area contributed by atoms with Crippen molar-refractivity contribution in [2.75, 3.05) is 6.61 Å². The molecule has 0 radical (unpaired) electrons. The Labute approximate surface area is 121 Å². The third kappa shape index (κ3) is 18.9. The van der Waals surface area contributed by atoms with E-state index in [2.05, 4.69) is 23.3 Å². The summed E-state index contributed by atoms with van der Waals surface area (Å²) in [6, 6.07) is 0. The number of ether oxygens (including phenoxy) is 2. The Kier molecular flexibility index (Phi) is 11.9. The van der Waals surface area contributed by atoms with Crippen LogP contribution in [0.15, 0.2) is 0 Å². The normalized spacial score (nSPS) is 11.8. The second kappa shape index (κ2) is 11.4. The first-order valence-electron chi connectivity index (χ1n) is 6.90. The summed E-state index contributed by atoms with van der Waals surface area (Å²) in [5.74, 6) is 0.404. The van der Waals surface area contributed by atoms with Gasteiger partial charge in [-0.3, -0.25) is 0 Å². The van der Waals surface area contributed by atoms with Crippen LogP contribution >= 0.6 is 0 Å². The number of rotatable bonds is 6. The van der Waals surface area contributed by atoms with Crippen molar-refractivity contribution in [3.63, 3.8) is 0 Å². The molecule has 6 heteroatoms. The summed E-state index contributed by atoms with van der Waals surface area (Å²) in [4.78, 5) is 19.9. The van der Waals surface area contributed by atoms with Gasteiger partial charge in [0.2, 0.25) is 0 Å². The van der Waals surface area contributed by atoms with Crippen LogP contribution < -0.4 is 0 Å². The average Bonchev–Trinajstić information content (AvgIpc) is 2.26. The van der Waals surface area contributed by atoms with Crippen LogP contribution in [0.1, 0.15) is 60.3 Å². The number of carboxylic acid groups (broad SMARTS) is 2. The standard InChI is InChI=1S/C9H18O3.C5H10O3/c1-3-5-6-8(4-2)7-12-9(10)11;1-5(2,3)8-4(6)7/h8H,3-7H2,1-2H3,(H,10,11);1-3H3,(H,6,7). The Hall–Kier alpha value is -1.46. The van der Waals surface area contributed by atoms with Crippen molar-refractivity contribution in [2.45, 2.75) is 65.9 Å². The monoisotopic (exact) mass is 292 g/mol. The fourth-order valence-corrected chi connectivity index (χ4v) is 1.35. The third-order valence-electron chi connectivity index (χ3n) is 2.38. The van der Waals surface area contributed by atoms with Crippen LogP contribution in [-0.2, 0) is 9.47 Å². The molecule has 0 rings (SSSR count). The van der Waals surface area contributed by atoms with Crippen LogP contribution in [0.4, 0.5) is 9.59 Å². The third-order valence-corrected chi connectivity index (χ3v) is 2.38. The molecular weight excluding hydrogens is 264 g/mol. The van der Waals surface area contributed by atoms with Gasteiger partial charge in [-0.15, -0.1) is 0 Å². The quantitative estimate of drug-likeness (QED) is 0.706. The maximum Gasteiger partial charge on any atom is 0.506 e. The van der Waals surface area contributed by atoms with E-state index in [-0.39, 0.29) is 0 Å². The Balaban J connectivity index is 0. The number of hydrogen-bond donors (Lipinski definition) is 2. The van der Waals surface area contributed by atoms with Gasteiger partial charge >= 0.3 is 12.3 Å². The molecule has 0 aliphatic carbocycles. The minimum atomic E-state index is -1.22. The zero-order valence-corrected chi connectivity index (χ0v) is 13.1. The van der Waals surface area contributed by atoms with Crippen molar-refractivity contribution in [1.29, 1.82) is 0 Å². The highest BCUT2D eigenvalue weighted by molar-refractivity contribution is 5.57. The van der Waals surface area contributed by atoms with Gasteiger partial charge in [0.15, 0.2) is 0 Å². The zero-order chi connectivity index (χ0) is 16.2. The summed E-state index contributed by atoms with van der Waals surface area (Å²) in [6.07, 6.45) is 1.99. The molecule has 0 aromatic rings. The average molecular weight is 292 g/mol. The molecule has 0 aromatic carbocycles. The Bertz CT molecular complexity index is 269. The first-order chi connectivity index (χ1) is 9.12. The highest BCUT2D eigenvalue weighted by Gasteiger charge is 2.14. The maximum absolute atomic E-state index is 10.1. The van der Waals surface area contributed by atoms with Gasteiger partial charge in [-0.2, -0.15) is 0 Å². The highest BCUT2D eigenvalue weighted by atomic mass is 16.7. The van der Waals surface area contributed by atoms with Crippen molar-refractivity contribution in [3.8, 4) is 0 Å². The fraction of sp³-hybridized carbons (Fsp3) is 0.857. The van der Waals surface area contributed by atoms with Crippen LogP contribution in [0, 0.1) is 5.92 Å². The van der Waals surface area contributed by atoms with E-state index >= 15 is 0 Å². The van der Waals surface area contributed by atoms with Crippen molar-refractivity contribution in [1.82, 2.24) is 0 Å². The topological polar surface area (TPSA) is 93.1 Å². The van der Waals surface area contributed by atoms with E-state index in [1.807, 2.05) is 0 Å². The fourth-order valence-electron chi connectivity index (χ4n) is 1.35. The second-order valence-corrected chi connectivity index (χ2v) is 5.47. The molecule has 0 fully saturated rings. The first-order valence-corrected chi connectivity index (χ1v) is 6.90. The molecule has 0 saturated carbocycles. The molecule has 0 spiro atoms. The molecule has 1 unspecified atom stereocenters. The predicted molar refractivity (Wildman–Crippen MR) is 76.1 cm³/mol. The van der Waals surface area contributed by atoms with Crippen LogP contribution in [-0.4, -0.2) is 34.7 Å². The van der Waals surface area contributed by atoms with E-state index in [9.17, 15) is 9.59 Å². The van der Waals surface area contributed by atoms with Crippen LogP contribution in [0.25, 0.3) is 0 Å². The molecule has 0 amide bonds. The summed E-state index contributed by atoms with van der Waals surface area (Å²) in [5.41, 5.74) is -0.578. The largest absolute Gasteiger partial charge is 0.506 e. The Morgan fingerprint density at radius 3 is 1.90 bits per heavy atom. The van der Waals surface area contributed by atoms with E-state index in [1.165, 1.54) is 0 Å². The van der Waals surface area contributed by atoms with E-state index in [4.69, 9.17) is 10.2 Å². The Morgan fingerprint density at radius 2 is 1.65 bits per heavy atom. The zero-order valence-electron chi connectivity index (χ0n) is 13.1. The molecule has 120 valence electrons. The molecule has 0 aliphatic heterocycles. The first kappa shape index (κ1) is 20.8. The SMILES string of the molecule is CC(C)(C)OC(=O)O.CCCCC(CC)COC(=O)O. The summed E-state index contributed by atoms with van der Waals surface area (Å²) < 4.78 is 8.86. The lowest BCUT2D eigenvalue weighted by Crippen LogP contribution is -2.22. The van der Waals surface area contributed by atoms with Crippen molar-refractivity contribution in [3.05, 3.63) is 0 Å². The van der Waals surface area contributed by atoms with Crippen molar-refractivity contribution in [2.24, 2.45) is 5.92 Å². The summed E-state index contributed by atoms with van der Waals surface area (Å²) in [7, 11) is 0. The second-order valence-electron chi connectivity index (χ2n) is 5.47. The van der Waals surface area contributed by atoms with Gasteiger partial charge in [-0.25, -0.2) is 9.59 Å². The molecule has 0 heterocycles. The molecule has 2 N–H and O–H groups in total. The maximum atomic E-state index is 10.1. The summed E-state index contributed by atoms with van der Waals surface area (Å²) in [5, 5.41) is 16.3. The molecule has 6 nitrogen and oxygen atoms in total.